The maximum absolute atomic E-state index is 12.4. The van der Waals surface area contributed by atoms with Crippen LogP contribution in [0.5, 0.6) is 0 Å². The minimum absolute atomic E-state index is 0.0582. The molecule has 1 unspecified atom stereocenters. The van der Waals surface area contributed by atoms with E-state index >= 15 is 0 Å². The van der Waals surface area contributed by atoms with Crippen molar-refractivity contribution in [2.45, 2.75) is 51.9 Å². The summed E-state index contributed by atoms with van der Waals surface area (Å²) in [6.07, 6.45) is 7.31. The van der Waals surface area contributed by atoms with Gasteiger partial charge in [-0.3, -0.25) is 14.4 Å². The molecule has 132 valence electrons. The lowest BCUT2D eigenvalue weighted by Gasteiger charge is -2.33. The molecular formula is C17H24N2O5. The monoisotopic (exact) mass is 336 g/mol. The van der Waals surface area contributed by atoms with Crippen LogP contribution in [0.25, 0.3) is 0 Å². The van der Waals surface area contributed by atoms with E-state index in [1.165, 1.54) is 5.01 Å². The third-order valence-electron chi connectivity index (χ3n) is 3.84. The standard InChI is InChI=1S/C17H24N2O5/c1-2-6-15(22)18(19-16(23)9-10-17(19)24)13-14(8-5-12-21)7-3-4-11-20/h9-12,14H,2-8,13H2,1H3. The number of imide groups is 1. The average molecular weight is 336 g/mol. The molecule has 3 amide bonds. The number of rotatable bonds is 12. The zero-order valence-electron chi connectivity index (χ0n) is 14.0. The number of unbranched alkanes of at least 4 members (excludes halogenated alkanes) is 1. The molecular weight excluding hydrogens is 312 g/mol. The molecule has 0 aliphatic carbocycles. The Labute approximate surface area is 141 Å². The van der Waals surface area contributed by atoms with Crippen LogP contribution in [0.15, 0.2) is 12.2 Å². The summed E-state index contributed by atoms with van der Waals surface area (Å²) in [6, 6.07) is 0. The number of hydrogen-bond acceptors (Lipinski definition) is 5. The molecule has 7 nitrogen and oxygen atoms in total. The van der Waals surface area contributed by atoms with E-state index in [1.807, 2.05) is 6.92 Å². The molecule has 1 aliphatic heterocycles. The SMILES string of the molecule is CCCC(=O)N(CC(CCC=O)CCCC=O)N1C(=O)C=CC1=O. The number of carbonyl (C=O) groups excluding carboxylic acids is 5. The lowest BCUT2D eigenvalue weighted by Crippen LogP contribution is -2.51. The van der Waals surface area contributed by atoms with Crippen molar-refractivity contribution in [1.29, 1.82) is 0 Å². The fraction of sp³-hybridized carbons (Fsp3) is 0.588. The third kappa shape index (κ3) is 5.72. The Morgan fingerprint density at radius 2 is 1.75 bits per heavy atom. The van der Waals surface area contributed by atoms with Crippen molar-refractivity contribution in [3.05, 3.63) is 12.2 Å². The van der Waals surface area contributed by atoms with E-state index in [0.29, 0.717) is 38.5 Å². The van der Waals surface area contributed by atoms with Crippen molar-refractivity contribution in [3.8, 4) is 0 Å². The predicted octanol–water partition coefficient (Wildman–Crippen LogP) is 1.42. The van der Waals surface area contributed by atoms with Crippen LogP contribution >= 0.6 is 0 Å². The van der Waals surface area contributed by atoms with Crippen molar-refractivity contribution >= 4 is 30.3 Å². The first-order valence-corrected chi connectivity index (χ1v) is 8.28. The van der Waals surface area contributed by atoms with Crippen LogP contribution in [-0.4, -0.2) is 46.9 Å². The van der Waals surface area contributed by atoms with Crippen LogP contribution in [-0.2, 0) is 24.0 Å². The second kappa shape index (κ2) is 10.5. The van der Waals surface area contributed by atoms with Gasteiger partial charge in [-0.05, 0) is 31.6 Å². The van der Waals surface area contributed by atoms with Gasteiger partial charge in [-0.1, -0.05) is 6.92 Å². The van der Waals surface area contributed by atoms with E-state index in [2.05, 4.69) is 0 Å². The summed E-state index contributed by atoms with van der Waals surface area (Å²) in [4.78, 5) is 57.4. The summed E-state index contributed by atoms with van der Waals surface area (Å²) < 4.78 is 0. The first kappa shape index (κ1) is 19.7. The Kier molecular flexibility index (Phi) is 8.60. The largest absolute Gasteiger partial charge is 0.303 e. The molecule has 1 atom stereocenters. The zero-order chi connectivity index (χ0) is 17.9. The number of hydrogen-bond donors (Lipinski definition) is 0. The quantitative estimate of drug-likeness (QED) is 0.305. The highest BCUT2D eigenvalue weighted by molar-refractivity contribution is 6.13. The Morgan fingerprint density at radius 1 is 1.12 bits per heavy atom. The lowest BCUT2D eigenvalue weighted by atomic mass is 9.96. The Balaban J connectivity index is 2.87. The van der Waals surface area contributed by atoms with Crippen LogP contribution in [0, 0.1) is 5.92 Å². The normalized spacial score (nSPS) is 14.8. The molecule has 0 saturated carbocycles. The second-order valence-electron chi connectivity index (χ2n) is 5.76. The van der Waals surface area contributed by atoms with Gasteiger partial charge in [-0.15, -0.1) is 0 Å². The van der Waals surface area contributed by atoms with Crippen molar-refractivity contribution in [2.75, 3.05) is 6.54 Å². The molecule has 1 heterocycles. The summed E-state index contributed by atoms with van der Waals surface area (Å²) in [5.41, 5.74) is 0. The van der Waals surface area contributed by atoms with Gasteiger partial charge in [0.05, 0.1) is 0 Å². The molecule has 7 heteroatoms. The Morgan fingerprint density at radius 3 is 2.29 bits per heavy atom. The van der Waals surface area contributed by atoms with Crippen LogP contribution in [0.1, 0.15) is 51.9 Å². The van der Waals surface area contributed by atoms with Crippen molar-refractivity contribution in [3.63, 3.8) is 0 Å². The highest BCUT2D eigenvalue weighted by Gasteiger charge is 2.33. The van der Waals surface area contributed by atoms with Crippen LogP contribution in [0.4, 0.5) is 0 Å². The summed E-state index contributed by atoms with van der Waals surface area (Å²) in [5.74, 6) is -1.43. The number of hydrazine groups is 1. The van der Waals surface area contributed by atoms with E-state index in [0.717, 1.165) is 29.7 Å². The molecule has 24 heavy (non-hydrogen) atoms. The smallest absolute Gasteiger partial charge is 0.272 e. The third-order valence-corrected chi connectivity index (χ3v) is 3.84. The van der Waals surface area contributed by atoms with Crippen molar-refractivity contribution in [1.82, 2.24) is 10.0 Å². The highest BCUT2D eigenvalue weighted by Crippen LogP contribution is 2.20. The predicted molar refractivity (Wildman–Crippen MR) is 86.3 cm³/mol. The molecule has 1 aliphatic rings. The number of amides is 3. The molecule has 1 rings (SSSR count). The Hall–Kier alpha value is -2.31. The van der Waals surface area contributed by atoms with Crippen LogP contribution < -0.4 is 0 Å². The molecule has 0 fully saturated rings. The van der Waals surface area contributed by atoms with Crippen LogP contribution in [0.3, 0.4) is 0 Å². The zero-order valence-corrected chi connectivity index (χ0v) is 14.0. The van der Waals surface area contributed by atoms with Crippen LogP contribution in [0.2, 0.25) is 0 Å². The average Bonchev–Trinajstić information content (AvgIpc) is 2.89. The minimum Gasteiger partial charge on any atom is -0.303 e. The van der Waals surface area contributed by atoms with Crippen molar-refractivity contribution in [2.24, 2.45) is 5.92 Å². The lowest BCUT2D eigenvalue weighted by molar-refractivity contribution is -0.168. The van der Waals surface area contributed by atoms with Gasteiger partial charge in [0, 0.05) is 38.0 Å². The van der Waals surface area contributed by atoms with Gasteiger partial charge in [-0.25, -0.2) is 5.01 Å². The number of nitrogens with zero attached hydrogens (tertiary/aromatic N) is 2. The van der Waals surface area contributed by atoms with E-state index in [9.17, 15) is 24.0 Å². The fourth-order valence-corrected chi connectivity index (χ4v) is 2.63. The molecule has 0 spiro atoms. The first-order chi connectivity index (χ1) is 11.5. The van der Waals surface area contributed by atoms with E-state index < -0.39 is 11.8 Å². The van der Waals surface area contributed by atoms with Gasteiger partial charge in [0.15, 0.2) is 0 Å². The van der Waals surface area contributed by atoms with E-state index in [1.54, 1.807) is 0 Å². The number of carbonyl (C=O) groups is 5. The topological polar surface area (TPSA) is 91.8 Å². The van der Waals surface area contributed by atoms with Gasteiger partial charge >= 0.3 is 0 Å². The molecule has 0 N–H and O–H groups in total. The summed E-state index contributed by atoms with van der Waals surface area (Å²) in [7, 11) is 0. The van der Waals surface area contributed by atoms with Gasteiger partial charge in [0.2, 0.25) is 5.91 Å². The first-order valence-electron chi connectivity index (χ1n) is 8.28. The van der Waals surface area contributed by atoms with Crippen molar-refractivity contribution < 1.29 is 24.0 Å². The van der Waals surface area contributed by atoms with Gasteiger partial charge in [0.25, 0.3) is 11.8 Å². The maximum Gasteiger partial charge on any atom is 0.272 e. The molecule has 0 aromatic rings. The van der Waals surface area contributed by atoms with Gasteiger partial charge < -0.3 is 9.59 Å². The summed E-state index contributed by atoms with van der Waals surface area (Å²) in [6.45, 7) is 2.03. The van der Waals surface area contributed by atoms with Gasteiger partial charge in [0.1, 0.15) is 12.6 Å². The second-order valence-corrected chi connectivity index (χ2v) is 5.76. The van der Waals surface area contributed by atoms with Gasteiger partial charge in [-0.2, -0.15) is 5.01 Å². The van der Waals surface area contributed by atoms with E-state index in [-0.39, 0.29) is 24.8 Å². The molecule has 0 aromatic carbocycles. The minimum atomic E-state index is -0.536. The molecule has 0 bridgehead atoms. The Bertz CT molecular complexity index is 497. The molecule has 0 aromatic heterocycles. The molecule has 0 radical (unpaired) electrons. The maximum atomic E-state index is 12.4. The number of aldehydes is 2. The summed E-state index contributed by atoms with van der Waals surface area (Å²) >= 11 is 0. The fourth-order valence-electron chi connectivity index (χ4n) is 2.63. The van der Waals surface area contributed by atoms with E-state index in [4.69, 9.17) is 0 Å². The summed E-state index contributed by atoms with van der Waals surface area (Å²) in [5, 5.41) is 2.07. The highest BCUT2D eigenvalue weighted by atomic mass is 16.2. The molecule has 0 saturated heterocycles.